The summed E-state index contributed by atoms with van der Waals surface area (Å²) < 4.78 is 0. The minimum Gasteiger partial charge on any atom is -0.507 e. The zero-order valence-corrected chi connectivity index (χ0v) is 14.4. The molecule has 3 atom stereocenters. The lowest BCUT2D eigenvalue weighted by Crippen LogP contribution is -2.14. The van der Waals surface area contributed by atoms with Crippen LogP contribution in [-0.4, -0.2) is 44.3 Å². The first-order valence-corrected chi connectivity index (χ1v) is 8.88. The maximum atomic E-state index is 10.5. The van der Waals surface area contributed by atoms with Gasteiger partial charge in [-0.2, -0.15) is 0 Å². The highest BCUT2D eigenvalue weighted by molar-refractivity contribution is 5.91. The molecule has 25 heavy (non-hydrogen) atoms. The van der Waals surface area contributed by atoms with E-state index in [2.05, 4.69) is 0 Å². The summed E-state index contributed by atoms with van der Waals surface area (Å²) >= 11 is 0. The molecule has 2 aromatic carbocycles. The molecule has 0 aliphatic rings. The average Bonchev–Trinajstić information content (AvgIpc) is 2.63. The molecule has 3 unspecified atom stereocenters. The van der Waals surface area contributed by atoms with Crippen LogP contribution in [0.4, 0.5) is 0 Å². The number of hydrogen-bond donors (Lipinski definition) is 5. The fraction of sp³-hybridized carbons (Fsp3) is 0.500. The summed E-state index contributed by atoms with van der Waals surface area (Å²) in [5.41, 5.74) is 0.739. The van der Waals surface area contributed by atoms with Gasteiger partial charge in [-0.25, -0.2) is 0 Å². The van der Waals surface area contributed by atoms with E-state index in [-0.39, 0.29) is 12.4 Å². The molecule has 0 heterocycles. The van der Waals surface area contributed by atoms with Crippen LogP contribution in [0.1, 0.15) is 50.2 Å². The number of aliphatic hydroxyl groups is 4. The molecule has 0 aromatic heterocycles. The Balaban J connectivity index is 1.88. The predicted octanol–water partition coefficient (Wildman–Crippen LogP) is 2.63. The molecule has 0 fully saturated rings. The first-order valence-electron chi connectivity index (χ1n) is 8.88. The van der Waals surface area contributed by atoms with Crippen LogP contribution in [0.2, 0.25) is 0 Å². The molecule has 0 radical (unpaired) electrons. The zero-order valence-electron chi connectivity index (χ0n) is 14.4. The van der Waals surface area contributed by atoms with Crippen molar-refractivity contribution in [3.8, 4) is 5.75 Å². The summed E-state index contributed by atoms with van der Waals surface area (Å²) in [6, 6.07) is 10.7. The van der Waals surface area contributed by atoms with E-state index in [9.17, 15) is 20.4 Å². The van der Waals surface area contributed by atoms with Crippen molar-refractivity contribution in [3.05, 3.63) is 42.0 Å². The molecule has 138 valence electrons. The highest BCUT2D eigenvalue weighted by Gasteiger charge is 2.16. The maximum Gasteiger partial charge on any atom is 0.123 e. The quantitative estimate of drug-likeness (QED) is 0.454. The van der Waals surface area contributed by atoms with Gasteiger partial charge in [0, 0.05) is 12.0 Å². The van der Waals surface area contributed by atoms with Crippen molar-refractivity contribution in [1.82, 2.24) is 0 Å². The van der Waals surface area contributed by atoms with Crippen molar-refractivity contribution >= 4 is 10.8 Å². The number of aliphatic hydroxyl groups excluding tert-OH is 4. The molecule has 5 N–H and O–H groups in total. The van der Waals surface area contributed by atoms with Crippen LogP contribution in [0.3, 0.4) is 0 Å². The highest BCUT2D eigenvalue weighted by atomic mass is 16.3. The Kier molecular flexibility index (Phi) is 7.65. The van der Waals surface area contributed by atoms with Crippen LogP contribution in [0.5, 0.6) is 5.75 Å². The lowest BCUT2D eigenvalue weighted by atomic mass is 9.95. The number of hydrogen-bond acceptors (Lipinski definition) is 5. The van der Waals surface area contributed by atoms with E-state index in [4.69, 9.17) is 5.11 Å². The Bertz CT molecular complexity index is 658. The molecule has 2 rings (SSSR count). The minimum absolute atomic E-state index is 0.0619. The molecule has 0 spiro atoms. The number of benzene rings is 2. The Morgan fingerprint density at radius 1 is 0.720 bits per heavy atom. The lowest BCUT2D eigenvalue weighted by Gasteiger charge is -2.18. The summed E-state index contributed by atoms with van der Waals surface area (Å²) in [6.45, 7) is 0.0619. The van der Waals surface area contributed by atoms with Crippen molar-refractivity contribution in [3.63, 3.8) is 0 Å². The van der Waals surface area contributed by atoms with Gasteiger partial charge in [-0.1, -0.05) is 30.3 Å². The van der Waals surface area contributed by atoms with Crippen LogP contribution in [0, 0.1) is 0 Å². The Morgan fingerprint density at radius 3 is 2.00 bits per heavy atom. The van der Waals surface area contributed by atoms with Crippen molar-refractivity contribution in [1.29, 1.82) is 0 Å². The van der Waals surface area contributed by atoms with Crippen molar-refractivity contribution in [2.75, 3.05) is 6.61 Å². The van der Waals surface area contributed by atoms with E-state index in [1.54, 1.807) is 12.1 Å². The van der Waals surface area contributed by atoms with E-state index in [0.29, 0.717) is 43.9 Å². The van der Waals surface area contributed by atoms with E-state index in [1.807, 2.05) is 24.3 Å². The number of phenolic OH excluding ortho intramolecular Hbond substituents is 1. The number of aromatic hydroxyl groups is 1. The Hall–Kier alpha value is -1.66. The normalized spacial score (nSPS) is 15.2. The standard InChI is InChI=1S/C20H28O5/c21-13-3-4-14(22)7-8-15(23)9-11-19(24)18-10-12-20(25)17-6-2-1-5-16(17)18/h1-2,5-6,10,12,14-15,19,21-25H,3-4,7-9,11,13H2. The molecular weight excluding hydrogens is 320 g/mol. The van der Waals surface area contributed by atoms with Crippen LogP contribution in [0.15, 0.2) is 36.4 Å². The summed E-state index contributed by atoms with van der Waals surface area (Å²) in [7, 11) is 0. The van der Waals surface area contributed by atoms with Gasteiger partial charge in [0.1, 0.15) is 5.75 Å². The average molecular weight is 348 g/mol. The molecular formula is C20H28O5. The van der Waals surface area contributed by atoms with E-state index in [1.165, 1.54) is 0 Å². The van der Waals surface area contributed by atoms with E-state index < -0.39 is 18.3 Å². The van der Waals surface area contributed by atoms with Crippen LogP contribution in [-0.2, 0) is 0 Å². The van der Waals surface area contributed by atoms with E-state index in [0.717, 1.165) is 10.9 Å². The molecule has 5 heteroatoms. The predicted molar refractivity (Wildman–Crippen MR) is 97.4 cm³/mol. The summed E-state index contributed by atoms with van der Waals surface area (Å²) in [5.74, 6) is 0.184. The fourth-order valence-corrected chi connectivity index (χ4v) is 3.10. The first-order chi connectivity index (χ1) is 12.0. The van der Waals surface area contributed by atoms with Crippen molar-refractivity contribution < 1.29 is 25.5 Å². The minimum atomic E-state index is -0.723. The monoisotopic (exact) mass is 348 g/mol. The van der Waals surface area contributed by atoms with Gasteiger partial charge in [0.15, 0.2) is 0 Å². The van der Waals surface area contributed by atoms with Gasteiger partial charge in [0.05, 0.1) is 18.3 Å². The smallest absolute Gasteiger partial charge is 0.123 e. The van der Waals surface area contributed by atoms with Crippen LogP contribution in [0.25, 0.3) is 10.8 Å². The van der Waals surface area contributed by atoms with Crippen molar-refractivity contribution in [2.24, 2.45) is 0 Å². The van der Waals surface area contributed by atoms with Gasteiger partial charge in [0.25, 0.3) is 0 Å². The van der Waals surface area contributed by atoms with Gasteiger partial charge in [-0.3, -0.25) is 0 Å². The Labute approximate surface area is 148 Å². The molecule has 0 saturated heterocycles. The van der Waals surface area contributed by atoms with Crippen molar-refractivity contribution in [2.45, 2.75) is 56.8 Å². The molecule has 0 aliphatic heterocycles. The molecule has 0 amide bonds. The maximum absolute atomic E-state index is 10.5. The first kappa shape index (κ1) is 19.7. The molecule has 0 bridgehead atoms. The number of phenols is 1. The molecule has 2 aromatic rings. The molecule has 0 aliphatic carbocycles. The van der Waals surface area contributed by atoms with Gasteiger partial charge in [-0.05, 0) is 55.5 Å². The highest BCUT2D eigenvalue weighted by Crippen LogP contribution is 2.32. The largest absolute Gasteiger partial charge is 0.507 e. The SMILES string of the molecule is OCCCC(O)CCC(O)CCC(O)c1ccc(O)c2ccccc12. The topological polar surface area (TPSA) is 101 Å². The summed E-state index contributed by atoms with van der Waals surface area (Å²) in [5, 5.41) is 50.4. The molecule has 0 saturated carbocycles. The lowest BCUT2D eigenvalue weighted by molar-refractivity contribution is 0.0836. The van der Waals surface area contributed by atoms with Gasteiger partial charge < -0.3 is 25.5 Å². The zero-order chi connectivity index (χ0) is 18.2. The number of rotatable bonds is 10. The van der Waals surface area contributed by atoms with Gasteiger partial charge in [-0.15, -0.1) is 0 Å². The van der Waals surface area contributed by atoms with E-state index >= 15 is 0 Å². The Morgan fingerprint density at radius 2 is 1.32 bits per heavy atom. The number of fused-ring (bicyclic) bond motifs is 1. The third kappa shape index (κ3) is 5.68. The third-order valence-corrected chi connectivity index (χ3v) is 4.60. The second-order valence-electron chi connectivity index (χ2n) is 6.56. The van der Waals surface area contributed by atoms with Gasteiger partial charge >= 0.3 is 0 Å². The van der Waals surface area contributed by atoms with Crippen LogP contribution < -0.4 is 0 Å². The second-order valence-corrected chi connectivity index (χ2v) is 6.56. The second kappa shape index (κ2) is 9.73. The third-order valence-electron chi connectivity index (χ3n) is 4.60. The summed E-state index contributed by atoms with van der Waals surface area (Å²) in [6.07, 6.45) is 1.07. The van der Waals surface area contributed by atoms with Crippen LogP contribution >= 0.6 is 0 Å². The summed E-state index contributed by atoms with van der Waals surface area (Å²) in [4.78, 5) is 0. The fourth-order valence-electron chi connectivity index (χ4n) is 3.10. The molecule has 5 nitrogen and oxygen atoms in total. The van der Waals surface area contributed by atoms with Gasteiger partial charge in [0.2, 0.25) is 0 Å².